The number of carbonyl (C=O) groups excluding carboxylic acids is 1. The Hall–Kier alpha value is -2.47. The first kappa shape index (κ1) is 16.4. The van der Waals surface area contributed by atoms with Crippen LogP contribution in [0.5, 0.6) is 0 Å². The van der Waals surface area contributed by atoms with Crippen LogP contribution in [0.1, 0.15) is 15.9 Å². The van der Waals surface area contributed by atoms with Gasteiger partial charge in [-0.25, -0.2) is 4.39 Å². The number of nitrogens with zero attached hydrogens (tertiary/aromatic N) is 2. The van der Waals surface area contributed by atoms with Crippen LogP contribution in [0.25, 0.3) is 0 Å². The molecule has 0 fully saturated rings. The van der Waals surface area contributed by atoms with Gasteiger partial charge in [-0.1, -0.05) is 30.3 Å². The molecule has 2 aromatic rings. The van der Waals surface area contributed by atoms with Crippen molar-refractivity contribution < 1.29 is 9.18 Å². The van der Waals surface area contributed by atoms with E-state index in [1.54, 1.807) is 18.0 Å². The van der Waals surface area contributed by atoms with E-state index in [0.717, 1.165) is 12.0 Å². The summed E-state index contributed by atoms with van der Waals surface area (Å²) in [6, 6.07) is 14.2. The number of thiocarbonyl (C=S) groups is 1. The molecule has 2 aromatic carbocycles. The molecule has 24 heavy (non-hydrogen) atoms. The summed E-state index contributed by atoms with van der Waals surface area (Å²) in [6.07, 6.45) is 0.734. The molecule has 0 aliphatic carbocycles. The second-order valence-electron chi connectivity index (χ2n) is 5.59. The van der Waals surface area contributed by atoms with Crippen molar-refractivity contribution in [2.75, 3.05) is 25.2 Å². The van der Waals surface area contributed by atoms with Crippen LogP contribution in [-0.2, 0) is 6.42 Å². The van der Waals surface area contributed by atoms with Gasteiger partial charge in [-0.2, -0.15) is 0 Å². The lowest BCUT2D eigenvalue weighted by Crippen LogP contribution is -2.52. The minimum atomic E-state index is -0.428. The molecule has 0 aromatic heterocycles. The van der Waals surface area contributed by atoms with Crippen LogP contribution in [0.4, 0.5) is 10.1 Å². The van der Waals surface area contributed by atoms with Gasteiger partial charge in [-0.15, -0.1) is 0 Å². The molecule has 1 amide bonds. The predicted molar refractivity (Wildman–Crippen MR) is 96.6 cm³/mol. The Labute approximate surface area is 145 Å². The van der Waals surface area contributed by atoms with Gasteiger partial charge in [-0.3, -0.25) is 9.69 Å². The van der Waals surface area contributed by atoms with E-state index < -0.39 is 5.82 Å². The van der Waals surface area contributed by atoms with Crippen molar-refractivity contribution in [2.45, 2.75) is 6.42 Å². The monoisotopic (exact) mass is 343 g/mol. The van der Waals surface area contributed by atoms with E-state index in [-0.39, 0.29) is 5.91 Å². The predicted octanol–water partition coefficient (Wildman–Crippen LogP) is 2.79. The largest absolute Gasteiger partial charge is 0.365 e. The lowest BCUT2D eigenvalue weighted by molar-refractivity contribution is 0.0750. The maximum absolute atomic E-state index is 13.6. The molecule has 0 atom stereocenters. The third-order valence-corrected chi connectivity index (χ3v) is 4.48. The van der Waals surface area contributed by atoms with Crippen molar-refractivity contribution in [1.82, 2.24) is 10.2 Å². The zero-order valence-corrected chi connectivity index (χ0v) is 14.1. The molecule has 124 valence electrons. The highest BCUT2D eigenvalue weighted by Gasteiger charge is 2.31. The van der Waals surface area contributed by atoms with Crippen molar-refractivity contribution in [3.05, 3.63) is 65.5 Å². The summed E-state index contributed by atoms with van der Waals surface area (Å²) < 4.78 is 13.6. The highest BCUT2D eigenvalue weighted by Crippen LogP contribution is 2.28. The van der Waals surface area contributed by atoms with Crippen LogP contribution in [0.2, 0.25) is 0 Å². The van der Waals surface area contributed by atoms with Crippen molar-refractivity contribution >= 4 is 28.9 Å². The van der Waals surface area contributed by atoms with Gasteiger partial charge >= 0.3 is 0 Å². The molecule has 1 N–H and O–H groups in total. The number of carbonyl (C=O) groups is 1. The Morgan fingerprint density at radius 3 is 2.71 bits per heavy atom. The maximum atomic E-state index is 13.6. The summed E-state index contributed by atoms with van der Waals surface area (Å²) in [5, 5.41) is 3.43. The Morgan fingerprint density at radius 1 is 1.25 bits per heavy atom. The van der Waals surface area contributed by atoms with Crippen LogP contribution in [0.3, 0.4) is 0 Å². The maximum Gasteiger partial charge on any atom is 0.257 e. The number of hydrogen-bond acceptors (Lipinski definition) is 2. The molecule has 0 radical (unpaired) electrons. The Balaban J connectivity index is 1.86. The van der Waals surface area contributed by atoms with Gasteiger partial charge in [0, 0.05) is 13.6 Å². The average Bonchev–Trinajstić information content (AvgIpc) is 2.61. The van der Waals surface area contributed by atoms with Crippen molar-refractivity contribution in [3.63, 3.8) is 0 Å². The molecule has 4 nitrogen and oxygen atoms in total. The Bertz CT molecular complexity index is 766. The number of hydrogen-bond donors (Lipinski definition) is 1. The summed E-state index contributed by atoms with van der Waals surface area (Å²) in [5.74, 6) is -0.599. The molecular formula is C18H18FN3OS. The van der Waals surface area contributed by atoms with E-state index in [1.165, 1.54) is 12.1 Å². The number of halogens is 1. The average molecular weight is 343 g/mol. The summed E-state index contributed by atoms with van der Waals surface area (Å²) in [7, 11) is 1.73. The van der Waals surface area contributed by atoms with Gasteiger partial charge < -0.3 is 10.2 Å². The summed E-state index contributed by atoms with van der Waals surface area (Å²) in [4.78, 5) is 16.2. The number of amides is 1. The van der Waals surface area contributed by atoms with Gasteiger partial charge in [-0.05, 0) is 42.4 Å². The van der Waals surface area contributed by atoms with Crippen LogP contribution in [-0.4, -0.2) is 36.2 Å². The zero-order chi connectivity index (χ0) is 17.1. The van der Waals surface area contributed by atoms with Crippen molar-refractivity contribution in [2.24, 2.45) is 0 Å². The smallest absolute Gasteiger partial charge is 0.257 e. The van der Waals surface area contributed by atoms with Gasteiger partial charge in [0.25, 0.3) is 5.91 Å². The van der Waals surface area contributed by atoms with Gasteiger partial charge in [0.1, 0.15) is 12.5 Å². The first-order chi connectivity index (χ1) is 11.6. The third-order valence-electron chi connectivity index (χ3n) is 4.05. The van der Waals surface area contributed by atoms with Crippen molar-refractivity contribution in [1.29, 1.82) is 0 Å². The van der Waals surface area contributed by atoms with E-state index in [4.69, 9.17) is 12.2 Å². The highest BCUT2D eigenvalue weighted by atomic mass is 32.1. The van der Waals surface area contributed by atoms with Crippen LogP contribution >= 0.6 is 12.2 Å². The van der Waals surface area contributed by atoms with E-state index in [9.17, 15) is 9.18 Å². The minimum absolute atomic E-state index is 0.171. The molecule has 0 spiro atoms. The molecule has 0 saturated heterocycles. The molecule has 6 heteroatoms. The van der Waals surface area contributed by atoms with E-state index in [2.05, 4.69) is 5.32 Å². The molecule has 1 aliphatic rings. The molecule has 1 heterocycles. The van der Waals surface area contributed by atoms with Crippen LogP contribution in [0.15, 0.2) is 48.5 Å². The number of nitrogens with one attached hydrogen (secondary N) is 1. The molecule has 1 aliphatic heterocycles. The Kier molecular flexibility index (Phi) is 4.76. The lowest BCUT2D eigenvalue weighted by atomic mass is 10.1. The van der Waals surface area contributed by atoms with E-state index in [0.29, 0.717) is 29.6 Å². The first-order valence-electron chi connectivity index (χ1n) is 7.72. The number of fused-ring (bicyclic) bond motifs is 1. The molecule has 0 unspecified atom stereocenters. The van der Waals surface area contributed by atoms with Gasteiger partial charge in [0.2, 0.25) is 0 Å². The Morgan fingerprint density at radius 2 is 2.00 bits per heavy atom. The molecule has 0 bridgehead atoms. The minimum Gasteiger partial charge on any atom is -0.365 e. The molecule has 3 rings (SSSR count). The zero-order valence-electron chi connectivity index (χ0n) is 13.3. The fraction of sp³-hybridized carbons (Fsp3) is 0.222. The number of rotatable bonds is 3. The first-order valence-corrected chi connectivity index (χ1v) is 8.13. The second-order valence-corrected chi connectivity index (χ2v) is 5.98. The summed E-state index contributed by atoms with van der Waals surface area (Å²) in [6.45, 7) is 0.894. The van der Waals surface area contributed by atoms with Crippen molar-refractivity contribution in [3.8, 4) is 0 Å². The quantitative estimate of drug-likeness (QED) is 0.870. The van der Waals surface area contributed by atoms with Gasteiger partial charge in [0.15, 0.2) is 5.11 Å². The summed E-state index contributed by atoms with van der Waals surface area (Å²) in [5.41, 5.74) is 2.13. The normalized spacial score (nSPS) is 13.7. The molecule has 0 saturated carbocycles. The number of benzene rings is 2. The number of anilines is 1. The highest BCUT2D eigenvalue weighted by molar-refractivity contribution is 7.80. The SMILES string of the molecule is CNC(=S)N1CN(CCc2ccccc2)C(=O)c2cc(F)ccc21. The molecular weight excluding hydrogens is 325 g/mol. The fourth-order valence-electron chi connectivity index (χ4n) is 2.79. The standard InChI is InChI=1S/C18H18FN3OS/c1-20-18(24)22-12-21(10-9-13-5-3-2-4-6-13)17(23)15-11-14(19)7-8-16(15)22/h2-8,11H,9-10,12H2,1H3,(H,20,24). The van der Waals surface area contributed by atoms with E-state index >= 15 is 0 Å². The third kappa shape index (κ3) is 3.23. The van der Waals surface area contributed by atoms with Crippen LogP contribution in [0, 0.1) is 5.82 Å². The second kappa shape index (κ2) is 6.97. The lowest BCUT2D eigenvalue weighted by Gasteiger charge is -2.38. The topological polar surface area (TPSA) is 35.6 Å². The van der Waals surface area contributed by atoms with Gasteiger partial charge in [0.05, 0.1) is 11.3 Å². The van der Waals surface area contributed by atoms with E-state index in [1.807, 2.05) is 35.2 Å². The fourth-order valence-corrected chi connectivity index (χ4v) is 2.94. The van der Waals surface area contributed by atoms with Crippen LogP contribution < -0.4 is 10.2 Å². The summed E-state index contributed by atoms with van der Waals surface area (Å²) >= 11 is 5.34.